The fourth-order valence-corrected chi connectivity index (χ4v) is 5.96. The monoisotopic (exact) mass is 550 g/mol. The van der Waals surface area contributed by atoms with Gasteiger partial charge in [-0.2, -0.15) is 0 Å². The average Bonchev–Trinajstić information content (AvgIpc) is 3.34. The topological polar surface area (TPSA) is 82.6 Å². The van der Waals surface area contributed by atoms with Crippen LogP contribution in [0, 0.1) is 6.92 Å². The maximum Gasteiger partial charge on any atom is 0.257 e. The maximum atomic E-state index is 13.2. The lowest BCUT2D eigenvalue weighted by Crippen LogP contribution is -2.50. The first-order valence-electron chi connectivity index (χ1n) is 12.7. The SMILES string of the molecule is CC(=O)N1CCN(C(=O)c2cc(SCc3cnc(NC(=O)c4ccc(C(C)(C)C)cc4)s3)ccc2C)CC1. The number of hydrogen-bond donors (Lipinski definition) is 1. The summed E-state index contributed by atoms with van der Waals surface area (Å²) in [4.78, 5) is 47.4. The average molecular weight is 551 g/mol. The number of aromatic nitrogens is 1. The van der Waals surface area contributed by atoms with Crippen LogP contribution in [0.4, 0.5) is 5.13 Å². The number of carbonyl (C=O) groups is 3. The van der Waals surface area contributed by atoms with Gasteiger partial charge in [0.25, 0.3) is 11.8 Å². The van der Waals surface area contributed by atoms with Crippen molar-refractivity contribution in [3.63, 3.8) is 0 Å². The summed E-state index contributed by atoms with van der Waals surface area (Å²) in [6, 6.07) is 13.6. The van der Waals surface area contributed by atoms with E-state index in [1.165, 1.54) is 16.9 Å². The van der Waals surface area contributed by atoms with E-state index in [1.54, 1.807) is 29.8 Å². The van der Waals surface area contributed by atoms with Gasteiger partial charge in [-0.15, -0.1) is 23.1 Å². The molecule has 0 radical (unpaired) electrons. The Hall–Kier alpha value is -3.17. The summed E-state index contributed by atoms with van der Waals surface area (Å²) in [6.45, 7) is 12.2. The minimum atomic E-state index is -0.176. The van der Waals surface area contributed by atoms with Crippen LogP contribution in [0.5, 0.6) is 0 Å². The largest absolute Gasteiger partial charge is 0.339 e. The van der Waals surface area contributed by atoms with Crippen LogP contribution in [0.2, 0.25) is 0 Å². The summed E-state index contributed by atoms with van der Waals surface area (Å²) >= 11 is 3.08. The Kier molecular flexibility index (Phi) is 8.57. The van der Waals surface area contributed by atoms with E-state index in [-0.39, 0.29) is 23.1 Å². The van der Waals surface area contributed by atoms with Gasteiger partial charge in [0.2, 0.25) is 5.91 Å². The molecule has 3 amide bonds. The Balaban J connectivity index is 1.34. The number of thiazole rings is 1. The molecule has 1 aliphatic rings. The molecule has 38 heavy (non-hydrogen) atoms. The van der Waals surface area contributed by atoms with E-state index in [4.69, 9.17) is 0 Å². The molecule has 2 heterocycles. The van der Waals surface area contributed by atoms with Gasteiger partial charge < -0.3 is 9.80 Å². The molecule has 1 aliphatic heterocycles. The van der Waals surface area contributed by atoms with Crippen molar-refractivity contribution in [2.24, 2.45) is 0 Å². The molecule has 2 aromatic carbocycles. The Morgan fingerprint density at radius 3 is 2.29 bits per heavy atom. The third-order valence-electron chi connectivity index (χ3n) is 6.62. The third-order valence-corrected chi connectivity index (χ3v) is 8.76. The molecular formula is C29H34N4O3S2. The van der Waals surface area contributed by atoms with Crippen LogP contribution in [0.25, 0.3) is 0 Å². The van der Waals surface area contributed by atoms with Crippen molar-refractivity contribution < 1.29 is 14.4 Å². The smallest absolute Gasteiger partial charge is 0.257 e. The summed E-state index contributed by atoms with van der Waals surface area (Å²) in [7, 11) is 0. The molecule has 4 rings (SSSR count). The van der Waals surface area contributed by atoms with E-state index in [2.05, 4.69) is 31.1 Å². The Bertz CT molecular complexity index is 1320. The zero-order chi connectivity index (χ0) is 27.4. The van der Waals surface area contributed by atoms with Gasteiger partial charge in [-0.25, -0.2) is 4.98 Å². The molecule has 7 nitrogen and oxygen atoms in total. The van der Waals surface area contributed by atoms with Gasteiger partial charge in [-0.3, -0.25) is 19.7 Å². The molecule has 0 spiro atoms. The quantitative estimate of drug-likeness (QED) is 0.404. The molecule has 3 aromatic rings. The van der Waals surface area contributed by atoms with Crippen LogP contribution in [0.3, 0.4) is 0 Å². The number of thioether (sulfide) groups is 1. The van der Waals surface area contributed by atoms with E-state index in [0.29, 0.717) is 48.2 Å². The van der Waals surface area contributed by atoms with Gasteiger partial charge in [0.05, 0.1) is 0 Å². The lowest BCUT2D eigenvalue weighted by Gasteiger charge is -2.34. The second-order valence-electron chi connectivity index (χ2n) is 10.5. The zero-order valence-electron chi connectivity index (χ0n) is 22.5. The molecule has 9 heteroatoms. The number of benzene rings is 2. The van der Waals surface area contributed by atoms with Crippen LogP contribution >= 0.6 is 23.1 Å². The minimum absolute atomic E-state index is 0.00599. The number of piperazine rings is 1. The molecule has 1 N–H and O–H groups in total. The maximum absolute atomic E-state index is 13.2. The molecule has 1 fully saturated rings. The molecule has 0 bridgehead atoms. The number of rotatable bonds is 6. The van der Waals surface area contributed by atoms with Gasteiger partial charge in [0, 0.05) is 66.0 Å². The van der Waals surface area contributed by atoms with Gasteiger partial charge in [-0.05, 0) is 47.7 Å². The molecule has 0 aliphatic carbocycles. The van der Waals surface area contributed by atoms with Crippen LogP contribution in [-0.2, 0) is 16.0 Å². The van der Waals surface area contributed by atoms with Crippen LogP contribution in [0.15, 0.2) is 53.6 Å². The number of hydrogen-bond acceptors (Lipinski definition) is 6. The lowest BCUT2D eigenvalue weighted by atomic mass is 9.87. The number of aryl methyl sites for hydroxylation is 1. The van der Waals surface area contributed by atoms with Crippen molar-refractivity contribution in [1.82, 2.24) is 14.8 Å². The van der Waals surface area contributed by atoms with Crippen molar-refractivity contribution in [2.45, 2.75) is 50.7 Å². The van der Waals surface area contributed by atoms with Crippen LogP contribution in [0.1, 0.15) is 64.4 Å². The van der Waals surface area contributed by atoms with Crippen LogP contribution in [-0.4, -0.2) is 58.7 Å². The Morgan fingerprint density at radius 1 is 1.00 bits per heavy atom. The lowest BCUT2D eigenvalue weighted by molar-refractivity contribution is -0.130. The summed E-state index contributed by atoms with van der Waals surface area (Å²) in [5, 5.41) is 3.46. The van der Waals surface area contributed by atoms with Crippen molar-refractivity contribution in [2.75, 3.05) is 31.5 Å². The summed E-state index contributed by atoms with van der Waals surface area (Å²) in [6.07, 6.45) is 1.78. The van der Waals surface area contributed by atoms with Crippen molar-refractivity contribution in [3.8, 4) is 0 Å². The van der Waals surface area contributed by atoms with E-state index in [0.717, 1.165) is 15.3 Å². The first-order valence-corrected chi connectivity index (χ1v) is 14.5. The molecule has 0 saturated carbocycles. The fraction of sp³-hybridized carbons (Fsp3) is 0.379. The van der Waals surface area contributed by atoms with Crippen LogP contribution < -0.4 is 5.32 Å². The fourth-order valence-electron chi connectivity index (χ4n) is 4.19. The first-order chi connectivity index (χ1) is 18.0. The molecule has 1 saturated heterocycles. The number of carbonyl (C=O) groups excluding carboxylic acids is 3. The summed E-state index contributed by atoms with van der Waals surface area (Å²) < 4.78 is 0. The standard InChI is InChI=1S/C29H34N4O3S2/c1-19-6-11-23(16-25(19)27(36)33-14-12-32(13-15-33)20(2)34)37-18-24-17-30-28(38-24)31-26(35)21-7-9-22(10-8-21)29(3,4)5/h6-11,16-17H,12-15,18H2,1-5H3,(H,30,31,35). The summed E-state index contributed by atoms with van der Waals surface area (Å²) in [5.74, 6) is 0.561. The van der Waals surface area contributed by atoms with E-state index < -0.39 is 0 Å². The molecule has 1 aromatic heterocycles. The van der Waals surface area contributed by atoms with E-state index in [1.807, 2.05) is 54.3 Å². The highest BCUT2D eigenvalue weighted by atomic mass is 32.2. The van der Waals surface area contributed by atoms with Crippen molar-refractivity contribution in [3.05, 3.63) is 75.8 Å². The minimum Gasteiger partial charge on any atom is -0.339 e. The number of nitrogens with one attached hydrogen (secondary N) is 1. The van der Waals surface area contributed by atoms with E-state index in [9.17, 15) is 14.4 Å². The number of anilines is 1. The van der Waals surface area contributed by atoms with Gasteiger partial charge in [-0.1, -0.05) is 39.0 Å². The van der Waals surface area contributed by atoms with E-state index >= 15 is 0 Å². The second-order valence-corrected chi connectivity index (χ2v) is 12.6. The highest BCUT2D eigenvalue weighted by molar-refractivity contribution is 7.98. The van der Waals surface area contributed by atoms with Crippen molar-refractivity contribution >= 4 is 46.0 Å². The van der Waals surface area contributed by atoms with Gasteiger partial charge in [0.1, 0.15) is 0 Å². The zero-order valence-corrected chi connectivity index (χ0v) is 24.2. The number of nitrogens with zero attached hydrogens (tertiary/aromatic N) is 3. The normalized spacial score (nSPS) is 13.9. The van der Waals surface area contributed by atoms with Gasteiger partial charge >= 0.3 is 0 Å². The Morgan fingerprint density at radius 2 is 1.66 bits per heavy atom. The Labute approximate surface area is 232 Å². The predicted octanol–water partition coefficient (Wildman–Crippen LogP) is 5.60. The summed E-state index contributed by atoms with van der Waals surface area (Å²) in [5.41, 5.74) is 3.45. The molecule has 0 unspecified atom stereocenters. The molecular weight excluding hydrogens is 516 g/mol. The van der Waals surface area contributed by atoms with Gasteiger partial charge in [0.15, 0.2) is 5.13 Å². The highest BCUT2D eigenvalue weighted by Gasteiger charge is 2.24. The highest BCUT2D eigenvalue weighted by Crippen LogP contribution is 2.30. The number of amides is 3. The first kappa shape index (κ1) is 27.9. The second kappa shape index (κ2) is 11.7. The molecule has 200 valence electrons. The third kappa shape index (κ3) is 6.82. The molecule has 0 atom stereocenters. The van der Waals surface area contributed by atoms with Crippen molar-refractivity contribution in [1.29, 1.82) is 0 Å². The predicted molar refractivity (Wildman–Crippen MR) is 154 cm³/mol.